The van der Waals surface area contributed by atoms with Gasteiger partial charge in [0.2, 0.25) is 5.88 Å². The van der Waals surface area contributed by atoms with Crippen LogP contribution in [0.25, 0.3) is 27.5 Å². The summed E-state index contributed by atoms with van der Waals surface area (Å²) in [5.41, 5.74) is 2.58. The quantitative estimate of drug-likeness (QED) is 0.320. The number of nitrogens with zero attached hydrogens (tertiary/aromatic N) is 4. The fourth-order valence-corrected chi connectivity index (χ4v) is 4.39. The first-order valence-electron chi connectivity index (χ1n) is 10.4. The first-order chi connectivity index (χ1) is 16.2. The Kier molecular flexibility index (Phi) is 5.43. The topological polar surface area (TPSA) is 80.3 Å². The number of hydrogen-bond acceptors (Lipinski definition) is 6. The lowest BCUT2D eigenvalue weighted by Gasteiger charge is -2.10. The second kappa shape index (κ2) is 8.69. The van der Waals surface area contributed by atoms with E-state index in [1.807, 2.05) is 48.5 Å². The summed E-state index contributed by atoms with van der Waals surface area (Å²) in [5.74, 6) is 0.705. The SMILES string of the molecule is CCc1ccc(Oc2nc3ccccn3c(=O)c2/C=C(\C#N)c2nc3ccccc3s2)cc1. The zero-order valence-electron chi connectivity index (χ0n) is 17.7. The third-order valence-corrected chi connectivity index (χ3v) is 6.28. The molecule has 2 aromatic carbocycles. The molecule has 33 heavy (non-hydrogen) atoms. The number of thiazole rings is 1. The lowest BCUT2D eigenvalue weighted by Crippen LogP contribution is -2.18. The lowest BCUT2D eigenvalue weighted by atomic mass is 10.1. The molecule has 0 bridgehead atoms. The van der Waals surface area contributed by atoms with Crippen molar-refractivity contribution in [3.63, 3.8) is 0 Å². The third kappa shape index (κ3) is 4.00. The molecule has 0 unspecified atom stereocenters. The molecule has 5 rings (SSSR count). The van der Waals surface area contributed by atoms with Gasteiger partial charge in [-0.3, -0.25) is 9.20 Å². The number of aromatic nitrogens is 3. The van der Waals surface area contributed by atoms with Crippen molar-refractivity contribution in [1.82, 2.24) is 14.4 Å². The molecule has 0 saturated heterocycles. The normalized spacial score (nSPS) is 11.6. The molecule has 5 aromatic rings. The number of allylic oxidation sites excluding steroid dienone is 1. The van der Waals surface area contributed by atoms with Crippen molar-refractivity contribution in [2.45, 2.75) is 13.3 Å². The summed E-state index contributed by atoms with van der Waals surface area (Å²) >= 11 is 1.40. The number of para-hydroxylation sites is 1. The van der Waals surface area contributed by atoms with E-state index in [0.717, 1.165) is 16.6 Å². The number of pyridine rings is 1. The summed E-state index contributed by atoms with van der Waals surface area (Å²) in [7, 11) is 0. The van der Waals surface area contributed by atoms with Crippen LogP contribution in [0, 0.1) is 11.3 Å². The predicted octanol–water partition coefficient (Wildman–Crippen LogP) is 5.72. The molecule has 0 saturated carbocycles. The summed E-state index contributed by atoms with van der Waals surface area (Å²) in [4.78, 5) is 22.5. The first-order valence-corrected chi connectivity index (χ1v) is 11.2. The Morgan fingerprint density at radius 3 is 2.64 bits per heavy atom. The summed E-state index contributed by atoms with van der Waals surface area (Å²) in [6.45, 7) is 2.08. The molecule has 7 heteroatoms. The Morgan fingerprint density at radius 2 is 1.88 bits per heavy atom. The molecule has 0 amide bonds. The zero-order valence-corrected chi connectivity index (χ0v) is 18.5. The Bertz CT molecular complexity index is 1580. The van der Waals surface area contributed by atoms with Gasteiger partial charge in [-0.2, -0.15) is 10.2 Å². The molecule has 0 radical (unpaired) electrons. The lowest BCUT2D eigenvalue weighted by molar-refractivity contribution is 0.461. The highest BCUT2D eigenvalue weighted by Crippen LogP contribution is 2.30. The Balaban J connectivity index is 1.67. The van der Waals surface area contributed by atoms with Crippen LogP contribution in [-0.4, -0.2) is 14.4 Å². The zero-order chi connectivity index (χ0) is 22.8. The molecule has 0 fully saturated rings. The number of aryl methyl sites for hydroxylation is 1. The smallest absolute Gasteiger partial charge is 0.269 e. The minimum absolute atomic E-state index is 0.143. The summed E-state index contributed by atoms with van der Waals surface area (Å²) in [6, 6.07) is 22.8. The fraction of sp³-hybridized carbons (Fsp3) is 0.0769. The van der Waals surface area contributed by atoms with Gasteiger partial charge in [0.15, 0.2) is 0 Å². The number of fused-ring (bicyclic) bond motifs is 2. The molecule has 0 spiro atoms. The number of ether oxygens (including phenoxy) is 1. The van der Waals surface area contributed by atoms with Gasteiger partial charge in [-0.25, -0.2) is 4.98 Å². The van der Waals surface area contributed by atoms with Gasteiger partial charge in [0.1, 0.15) is 28.0 Å². The molecular formula is C26H18N4O2S. The molecule has 6 nitrogen and oxygen atoms in total. The van der Waals surface area contributed by atoms with Crippen LogP contribution >= 0.6 is 11.3 Å². The van der Waals surface area contributed by atoms with Crippen LogP contribution in [0.4, 0.5) is 0 Å². The van der Waals surface area contributed by atoms with Crippen molar-refractivity contribution < 1.29 is 4.74 Å². The van der Waals surface area contributed by atoms with E-state index < -0.39 is 0 Å². The van der Waals surface area contributed by atoms with Gasteiger partial charge in [0.05, 0.1) is 15.8 Å². The van der Waals surface area contributed by atoms with Crippen molar-refractivity contribution >= 4 is 38.8 Å². The minimum atomic E-state index is -0.324. The van der Waals surface area contributed by atoms with Crippen LogP contribution in [0.15, 0.2) is 77.7 Å². The third-order valence-electron chi connectivity index (χ3n) is 5.21. The molecule has 3 heterocycles. The van der Waals surface area contributed by atoms with Crippen LogP contribution in [0.1, 0.15) is 23.1 Å². The van der Waals surface area contributed by atoms with Crippen LogP contribution in [0.3, 0.4) is 0 Å². The molecular weight excluding hydrogens is 432 g/mol. The molecule has 0 atom stereocenters. The second-order valence-corrected chi connectivity index (χ2v) is 8.35. The van der Waals surface area contributed by atoms with E-state index in [1.165, 1.54) is 27.4 Å². The summed E-state index contributed by atoms with van der Waals surface area (Å²) in [5, 5.41) is 10.4. The maximum Gasteiger partial charge on any atom is 0.269 e. The van der Waals surface area contributed by atoms with E-state index in [0.29, 0.717) is 16.4 Å². The highest BCUT2D eigenvalue weighted by Gasteiger charge is 2.17. The number of benzene rings is 2. The molecule has 0 N–H and O–H groups in total. The monoisotopic (exact) mass is 450 g/mol. The fourth-order valence-electron chi connectivity index (χ4n) is 3.46. The molecule has 160 valence electrons. The van der Waals surface area contributed by atoms with Gasteiger partial charge in [0.25, 0.3) is 5.56 Å². The Morgan fingerprint density at radius 1 is 1.09 bits per heavy atom. The van der Waals surface area contributed by atoms with E-state index in [4.69, 9.17) is 4.74 Å². The van der Waals surface area contributed by atoms with Crippen LogP contribution < -0.4 is 10.3 Å². The van der Waals surface area contributed by atoms with E-state index in [-0.39, 0.29) is 22.6 Å². The Hall–Kier alpha value is -4.28. The van der Waals surface area contributed by atoms with Crippen molar-refractivity contribution in [1.29, 1.82) is 5.26 Å². The highest BCUT2D eigenvalue weighted by molar-refractivity contribution is 7.19. The van der Waals surface area contributed by atoms with Crippen molar-refractivity contribution in [3.05, 3.63) is 99.4 Å². The average Bonchev–Trinajstić information content (AvgIpc) is 3.28. The summed E-state index contributed by atoms with van der Waals surface area (Å²) in [6.07, 6.45) is 4.07. The maximum absolute atomic E-state index is 13.4. The van der Waals surface area contributed by atoms with Gasteiger partial charge in [-0.05, 0) is 54.5 Å². The van der Waals surface area contributed by atoms with Gasteiger partial charge in [0, 0.05) is 6.20 Å². The minimum Gasteiger partial charge on any atom is -0.438 e. The predicted molar refractivity (Wildman–Crippen MR) is 130 cm³/mol. The van der Waals surface area contributed by atoms with E-state index in [9.17, 15) is 10.1 Å². The van der Waals surface area contributed by atoms with Crippen LogP contribution in [0.2, 0.25) is 0 Å². The number of hydrogen-bond donors (Lipinski definition) is 0. The Labute approximate surface area is 193 Å². The van der Waals surface area contributed by atoms with Gasteiger partial charge < -0.3 is 4.74 Å². The summed E-state index contributed by atoms with van der Waals surface area (Å²) < 4.78 is 8.45. The van der Waals surface area contributed by atoms with E-state index >= 15 is 0 Å². The van der Waals surface area contributed by atoms with Gasteiger partial charge in [-0.15, -0.1) is 11.3 Å². The van der Waals surface area contributed by atoms with Gasteiger partial charge in [-0.1, -0.05) is 37.3 Å². The number of nitriles is 1. The maximum atomic E-state index is 13.4. The van der Waals surface area contributed by atoms with E-state index in [2.05, 4.69) is 23.0 Å². The van der Waals surface area contributed by atoms with Crippen molar-refractivity contribution in [2.75, 3.05) is 0 Å². The van der Waals surface area contributed by atoms with E-state index in [1.54, 1.807) is 24.4 Å². The number of rotatable bonds is 5. The van der Waals surface area contributed by atoms with Crippen LogP contribution in [0.5, 0.6) is 11.6 Å². The standard InChI is InChI=1S/C26H18N4O2S/c1-2-17-10-12-19(13-11-17)32-24-20(26(31)30-14-6-5-9-23(30)29-24)15-18(16-27)25-28-21-7-3-4-8-22(21)33-25/h3-15H,2H2,1H3/b18-15+. The average molecular weight is 451 g/mol. The molecule has 0 aliphatic heterocycles. The highest BCUT2D eigenvalue weighted by atomic mass is 32.1. The van der Waals surface area contributed by atoms with Crippen molar-refractivity contribution in [3.8, 4) is 17.7 Å². The molecule has 0 aliphatic rings. The van der Waals surface area contributed by atoms with Crippen molar-refractivity contribution in [2.24, 2.45) is 0 Å². The molecule has 0 aliphatic carbocycles. The largest absolute Gasteiger partial charge is 0.438 e. The first kappa shape index (κ1) is 20.6. The molecule has 3 aromatic heterocycles. The second-order valence-electron chi connectivity index (χ2n) is 7.32. The van der Waals surface area contributed by atoms with Crippen LogP contribution in [-0.2, 0) is 6.42 Å². The van der Waals surface area contributed by atoms with Gasteiger partial charge >= 0.3 is 0 Å².